The maximum absolute atomic E-state index is 14.6. The molecule has 2 unspecified atom stereocenters. The zero-order valence-corrected chi connectivity index (χ0v) is 17.7. The highest BCUT2D eigenvalue weighted by molar-refractivity contribution is 5.87. The maximum atomic E-state index is 14.6. The number of fused-ring (bicyclic) bond motifs is 1. The first-order chi connectivity index (χ1) is 14.9. The molecule has 0 aliphatic carbocycles. The molecule has 3 aromatic rings. The van der Waals surface area contributed by atoms with E-state index in [-0.39, 0.29) is 6.54 Å². The lowest BCUT2D eigenvalue weighted by molar-refractivity contribution is -0.117. The number of aryl methyl sites for hydroxylation is 2. The lowest BCUT2D eigenvalue weighted by Gasteiger charge is -2.19. The van der Waals surface area contributed by atoms with E-state index in [0.29, 0.717) is 35.4 Å². The summed E-state index contributed by atoms with van der Waals surface area (Å²) in [5.41, 5.74) is 2.27. The number of carbonyl (C=O) groups is 1. The molecule has 31 heavy (non-hydrogen) atoms. The zero-order chi connectivity index (χ0) is 22.1. The van der Waals surface area contributed by atoms with Gasteiger partial charge in [0.1, 0.15) is 17.7 Å². The molecule has 3 aromatic heterocycles. The first-order valence-corrected chi connectivity index (χ1v) is 9.97. The Labute approximate surface area is 178 Å². The molecular weight excluding hydrogens is 403 g/mol. The van der Waals surface area contributed by atoms with Gasteiger partial charge in [-0.3, -0.25) is 13.9 Å². The summed E-state index contributed by atoms with van der Waals surface area (Å²) in [6.45, 7) is 5.87. The molecule has 4 heterocycles. The van der Waals surface area contributed by atoms with E-state index in [1.165, 1.54) is 0 Å². The highest BCUT2D eigenvalue weighted by atomic mass is 19.1. The summed E-state index contributed by atoms with van der Waals surface area (Å²) >= 11 is 0. The molecule has 0 saturated carbocycles. The fourth-order valence-electron chi connectivity index (χ4n) is 3.68. The summed E-state index contributed by atoms with van der Waals surface area (Å²) < 4.78 is 23.5. The minimum Gasteiger partial charge on any atom is -0.478 e. The Morgan fingerprint density at radius 2 is 2.23 bits per heavy atom. The number of halogens is 1. The topological polar surface area (TPSA) is 102 Å². The van der Waals surface area contributed by atoms with Crippen molar-refractivity contribution in [3.05, 3.63) is 36.9 Å². The van der Waals surface area contributed by atoms with E-state index >= 15 is 0 Å². The van der Waals surface area contributed by atoms with Crippen molar-refractivity contribution in [1.82, 2.24) is 29.5 Å². The number of rotatable bonds is 7. The molecule has 0 bridgehead atoms. The molecule has 1 aliphatic rings. The van der Waals surface area contributed by atoms with E-state index in [9.17, 15) is 9.18 Å². The number of amides is 1. The number of nitrogens with one attached hydrogen (secondary N) is 2. The lowest BCUT2D eigenvalue weighted by atomic mass is 10.2. The van der Waals surface area contributed by atoms with Crippen molar-refractivity contribution in [3.63, 3.8) is 0 Å². The zero-order valence-electron chi connectivity index (χ0n) is 17.7. The van der Waals surface area contributed by atoms with Crippen LogP contribution in [0.25, 0.3) is 5.65 Å². The van der Waals surface area contributed by atoms with E-state index in [1.807, 2.05) is 22.4 Å². The van der Waals surface area contributed by atoms with Gasteiger partial charge in [0.2, 0.25) is 5.91 Å². The van der Waals surface area contributed by atoms with Crippen molar-refractivity contribution < 1.29 is 13.9 Å². The van der Waals surface area contributed by atoms with Crippen LogP contribution < -0.4 is 20.3 Å². The molecule has 0 radical (unpaired) electrons. The van der Waals surface area contributed by atoms with E-state index < -0.39 is 18.1 Å². The van der Waals surface area contributed by atoms with Gasteiger partial charge in [-0.2, -0.15) is 0 Å². The summed E-state index contributed by atoms with van der Waals surface area (Å²) in [6.07, 6.45) is 6.11. The van der Waals surface area contributed by atoms with E-state index in [0.717, 1.165) is 18.2 Å². The van der Waals surface area contributed by atoms with Crippen molar-refractivity contribution in [3.8, 4) is 5.88 Å². The predicted octanol–water partition coefficient (Wildman–Crippen LogP) is 1.61. The molecule has 2 N–H and O–H groups in total. The third-order valence-corrected chi connectivity index (χ3v) is 5.25. The Hall–Kier alpha value is -3.63. The van der Waals surface area contributed by atoms with Crippen molar-refractivity contribution in [2.24, 2.45) is 7.05 Å². The van der Waals surface area contributed by atoms with Crippen LogP contribution in [0.2, 0.25) is 0 Å². The molecule has 10 nitrogen and oxygen atoms in total. The highest BCUT2D eigenvalue weighted by Gasteiger charge is 2.35. The van der Waals surface area contributed by atoms with Crippen LogP contribution in [0.4, 0.5) is 21.7 Å². The van der Waals surface area contributed by atoms with Crippen LogP contribution in [-0.2, 0) is 18.3 Å². The van der Waals surface area contributed by atoms with Crippen LogP contribution >= 0.6 is 0 Å². The molecule has 0 aromatic carbocycles. The van der Waals surface area contributed by atoms with Crippen molar-refractivity contribution in [1.29, 1.82) is 0 Å². The third kappa shape index (κ3) is 3.90. The second-order valence-corrected chi connectivity index (χ2v) is 7.34. The van der Waals surface area contributed by atoms with Gasteiger partial charge in [0.05, 0.1) is 32.1 Å². The summed E-state index contributed by atoms with van der Waals surface area (Å²) in [5.74, 6) is 1.10. The van der Waals surface area contributed by atoms with E-state index in [1.54, 1.807) is 31.2 Å². The van der Waals surface area contributed by atoms with Crippen LogP contribution in [0.3, 0.4) is 0 Å². The Kier molecular flexibility index (Phi) is 5.49. The Morgan fingerprint density at radius 1 is 1.42 bits per heavy atom. The van der Waals surface area contributed by atoms with Crippen LogP contribution in [0.15, 0.2) is 31.2 Å². The average molecular weight is 428 g/mol. The number of alkyl halides is 1. The van der Waals surface area contributed by atoms with Crippen molar-refractivity contribution >= 4 is 28.9 Å². The molecule has 0 spiro atoms. The van der Waals surface area contributed by atoms with Gasteiger partial charge in [0.15, 0.2) is 11.5 Å². The van der Waals surface area contributed by atoms with Crippen LogP contribution in [-0.4, -0.2) is 62.5 Å². The third-order valence-electron chi connectivity index (χ3n) is 5.25. The second-order valence-electron chi connectivity index (χ2n) is 7.34. The number of anilines is 3. The van der Waals surface area contributed by atoms with Gasteiger partial charge in [-0.25, -0.2) is 14.4 Å². The van der Waals surface area contributed by atoms with Crippen LogP contribution in [0.1, 0.15) is 12.6 Å². The van der Waals surface area contributed by atoms with Crippen molar-refractivity contribution in [2.75, 3.05) is 30.4 Å². The largest absolute Gasteiger partial charge is 0.478 e. The Morgan fingerprint density at radius 3 is 2.94 bits per heavy atom. The van der Waals surface area contributed by atoms with E-state index in [4.69, 9.17) is 9.72 Å². The van der Waals surface area contributed by atoms with Gasteiger partial charge >= 0.3 is 0 Å². The van der Waals surface area contributed by atoms with Crippen LogP contribution in [0, 0.1) is 0 Å². The van der Waals surface area contributed by atoms with Crippen LogP contribution in [0.5, 0.6) is 5.88 Å². The van der Waals surface area contributed by atoms with Gasteiger partial charge in [0.25, 0.3) is 5.88 Å². The Bertz CT molecular complexity index is 1120. The molecular formula is C20H25FN8O2. The summed E-state index contributed by atoms with van der Waals surface area (Å²) in [5, 5.41) is 10.1. The smallest absolute Gasteiger partial charge is 0.256 e. The van der Waals surface area contributed by atoms with Gasteiger partial charge in [0, 0.05) is 25.5 Å². The number of methoxy groups -OCH3 is 1. The number of imidazole rings is 1. The predicted molar refractivity (Wildman–Crippen MR) is 115 cm³/mol. The quantitative estimate of drug-likeness (QED) is 0.551. The first-order valence-electron chi connectivity index (χ1n) is 9.97. The highest BCUT2D eigenvalue weighted by Crippen LogP contribution is 2.30. The molecule has 1 amide bonds. The number of hydrogen-bond acceptors (Lipinski definition) is 7. The monoisotopic (exact) mass is 428 g/mol. The van der Waals surface area contributed by atoms with Gasteiger partial charge < -0.3 is 20.3 Å². The van der Waals surface area contributed by atoms with E-state index in [2.05, 4.69) is 27.3 Å². The molecule has 11 heteroatoms. The number of hydrogen-bond donors (Lipinski definition) is 2. The summed E-state index contributed by atoms with van der Waals surface area (Å²) in [7, 11) is 3.34. The SMILES string of the molecule is C=CC(=O)NC1CN(c2cn3c(CC)cnc3c(Nc3cn(C)nc3OC)n2)CC1F. The minimum absolute atomic E-state index is 0.117. The van der Waals surface area contributed by atoms with Gasteiger partial charge in [-0.15, -0.1) is 5.10 Å². The summed E-state index contributed by atoms with van der Waals surface area (Å²) in [4.78, 5) is 22.7. The lowest BCUT2D eigenvalue weighted by Crippen LogP contribution is -2.40. The minimum atomic E-state index is -1.22. The molecule has 1 saturated heterocycles. The van der Waals surface area contributed by atoms with Gasteiger partial charge in [-0.1, -0.05) is 13.5 Å². The number of ether oxygens (including phenoxy) is 1. The molecule has 164 valence electrons. The normalized spacial score (nSPS) is 18.4. The fourth-order valence-corrected chi connectivity index (χ4v) is 3.68. The number of carbonyl (C=O) groups excluding carboxylic acids is 1. The second kappa shape index (κ2) is 8.25. The molecule has 1 aliphatic heterocycles. The fraction of sp³-hybridized carbons (Fsp3) is 0.400. The first kappa shape index (κ1) is 20.6. The average Bonchev–Trinajstić information content (AvgIpc) is 3.44. The van der Waals surface area contributed by atoms with Gasteiger partial charge in [-0.05, 0) is 12.5 Å². The number of nitrogens with zero attached hydrogens (tertiary/aromatic N) is 6. The standard InChI is InChI=1S/C20H25FN8O2/c1-5-12-7-22-19-18(24-15-9-27(3)26-20(15)31-4)25-16(11-29(12)19)28-8-13(21)14(10-28)23-17(30)6-2/h6-7,9,11,13-14H,2,5,8,10H2,1,3-4H3,(H,23,30)(H,24,25). The number of aromatic nitrogens is 5. The van der Waals surface area contributed by atoms with Crippen molar-refractivity contribution in [2.45, 2.75) is 25.6 Å². The molecule has 2 atom stereocenters. The Balaban J connectivity index is 1.71. The summed E-state index contributed by atoms with van der Waals surface area (Å²) in [6, 6.07) is -0.633. The maximum Gasteiger partial charge on any atom is 0.256 e. The molecule has 1 fully saturated rings. The molecule has 4 rings (SSSR count).